The number of alkyl halides is 3. The fourth-order valence-corrected chi connectivity index (χ4v) is 2.57. The summed E-state index contributed by atoms with van der Waals surface area (Å²) in [6, 6.07) is 6.56. The Labute approximate surface area is 119 Å². The third-order valence-corrected chi connectivity index (χ3v) is 3.64. The van der Waals surface area contributed by atoms with E-state index in [1.165, 1.54) is 6.20 Å². The average Bonchev–Trinajstić information content (AvgIpc) is 2.93. The van der Waals surface area contributed by atoms with Crippen molar-refractivity contribution in [2.24, 2.45) is 0 Å². The second-order valence-corrected chi connectivity index (χ2v) is 4.92. The molecule has 4 nitrogen and oxygen atoms in total. The Kier molecular flexibility index (Phi) is 3.27. The summed E-state index contributed by atoms with van der Waals surface area (Å²) < 4.78 is 45.7. The molecule has 1 aliphatic rings. The van der Waals surface area contributed by atoms with Crippen LogP contribution in [-0.4, -0.2) is 23.1 Å². The molecule has 1 N–H and O–H groups in total. The highest BCUT2D eigenvalue weighted by atomic mass is 19.4. The first-order chi connectivity index (χ1) is 9.99. The number of halogens is 3. The standard InChI is InChI=1S/C14H14F3N3O/c1-21-10-4-2-9(3-5-10)11-8-12(14(15,16)17)20-13(19-11)6-7-18-20/h2-7,11-12,19H,8H2,1H3/t11-,12-/m1/s1. The van der Waals surface area contributed by atoms with Crippen LogP contribution in [-0.2, 0) is 0 Å². The smallest absolute Gasteiger partial charge is 0.410 e. The minimum Gasteiger partial charge on any atom is -0.497 e. The second kappa shape index (κ2) is 4.98. The summed E-state index contributed by atoms with van der Waals surface area (Å²) in [4.78, 5) is 0. The van der Waals surface area contributed by atoms with Crippen LogP contribution in [0.3, 0.4) is 0 Å². The van der Waals surface area contributed by atoms with E-state index < -0.39 is 18.3 Å². The quantitative estimate of drug-likeness (QED) is 0.921. The molecule has 7 heteroatoms. The molecular formula is C14H14F3N3O. The van der Waals surface area contributed by atoms with E-state index in [9.17, 15) is 13.2 Å². The van der Waals surface area contributed by atoms with Crippen LogP contribution in [0.5, 0.6) is 5.75 Å². The first-order valence-corrected chi connectivity index (χ1v) is 6.50. The first kappa shape index (κ1) is 13.8. The van der Waals surface area contributed by atoms with Crippen molar-refractivity contribution in [3.8, 4) is 5.75 Å². The van der Waals surface area contributed by atoms with Crippen molar-refractivity contribution < 1.29 is 17.9 Å². The highest BCUT2D eigenvalue weighted by Gasteiger charge is 2.46. The topological polar surface area (TPSA) is 39.1 Å². The number of methoxy groups -OCH3 is 1. The number of rotatable bonds is 2. The summed E-state index contributed by atoms with van der Waals surface area (Å²) in [5, 5.41) is 6.87. The van der Waals surface area contributed by atoms with E-state index >= 15 is 0 Å². The number of nitrogens with one attached hydrogen (secondary N) is 1. The number of nitrogens with zero attached hydrogens (tertiary/aromatic N) is 2. The van der Waals surface area contributed by atoms with Gasteiger partial charge in [-0.05, 0) is 17.7 Å². The predicted molar refractivity (Wildman–Crippen MR) is 71.3 cm³/mol. The lowest BCUT2D eigenvalue weighted by Gasteiger charge is -2.33. The zero-order valence-electron chi connectivity index (χ0n) is 11.3. The average molecular weight is 297 g/mol. The van der Waals surface area contributed by atoms with E-state index in [1.54, 1.807) is 37.4 Å². The van der Waals surface area contributed by atoms with Crippen molar-refractivity contribution >= 4 is 5.82 Å². The van der Waals surface area contributed by atoms with Crippen molar-refractivity contribution in [2.75, 3.05) is 12.4 Å². The summed E-state index contributed by atoms with van der Waals surface area (Å²) in [6.45, 7) is 0. The zero-order chi connectivity index (χ0) is 15.0. The van der Waals surface area contributed by atoms with Gasteiger partial charge in [0, 0.05) is 12.5 Å². The molecule has 0 fully saturated rings. The van der Waals surface area contributed by atoms with Crippen LogP contribution in [0.15, 0.2) is 36.5 Å². The van der Waals surface area contributed by atoms with Crippen LogP contribution in [0.4, 0.5) is 19.0 Å². The fraction of sp³-hybridized carbons (Fsp3) is 0.357. The van der Waals surface area contributed by atoms with Gasteiger partial charge in [-0.1, -0.05) is 12.1 Å². The van der Waals surface area contributed by atoms with E-state index in [0.717, 1.165) is 10.2 Å². The lowest BCUT2D eigenvalue weighted by atomic mass is 9.97. The Morgan fingerprint density at radius 1 is 1.24 bits per heavy atom. The fourth-order valence-electron chi connectivity index (χ4n) is 2.57. The molecule has 0 spiro atoms. The van der Waals surface area contributed by atoms with Gasteiger partial charge < -0.3 is 10.1 Å². The molecule has 1 aliphatic heterocycles. The van der Waals surface area contributed by atoms with Gasteiger partial charge in [0.1, 0.15) is 11.6 Å². The Balaban J connectivity index is 1.92. The maximum Gasteiger partial charge on any atom is 0.410 e. The molecule has 0 aliphatic carbocycles. The molecule has 0 unspecified atom stereocenters. The molecule has 2 aromatic rings. The minimum absolute atomic E-state index is 0.0927. The van der Waals surface area contributed by atoms with Gasteiger partial charge in [0.05, 0.1) is 19.3 Å². The summed E-state index contributed by atoms with van der Waals surface area (Å²) in [5.41, 5.74) is 0.789. The predicted octanol–water partition coefficient (Wildman–Crippen LogP) is 3.55. The van der Waals surface area contributed by atoms with Gasteiger partial charge in [-0.2, -0.15) is 18.3 Å². The third kappa shape index (κ3) is 2.55. The first-order valence-electron chi connectivity index (χ1n) is 6.50. The van der Waals surface area contributed by atoms with Gasteiger partial charge in [0.25, 0.3) is 0 Å². The molecule has 0 radical (unpaired) electrons. The van der Waals surface area contributed by atoms with E-state index in [1.807, 2.05) is 0 Å². The number of aromatic nitrogens is 2. The number of fused-ring (bicyclic) bond motifs is 1. The molecule has 0 bridgehead atoms. The maximum atomic E-state index is 13.2. The van der Waals surface area contributed by atoms with Crippen LogP contribution >= 0.6 is 0 Å². The Morgan fingerprint density at radius 3 is 2.57 bits per heavy atom. The van der Waals surface area contributed by atoms with Crippen molar-refractivity contribution in [3.05, 3.63) is 42.1 Å². The molecular weight excluding hydrogens is 283 g/mol. The Morgan fingerprint density at radius 2 is 1.95 bits per heavy atom. The molecule has 0 saturated heterocycles. The summed E-state index contributed by atoms with van der Waals surface area (Å²) >= 11 is 0. The van der Waals surface area contributed by atoms with E-state index in [4.69, 9.17) is 4.74 Å². The van der Waals surface area contributed by atoms with Crippen molar-refractivity contribution in [1.82, 2.24) is 9.78 Å². The second-order valence-electron chi connectivity index (χ2n) is 4.92. The Hall–Kier alpha value is -2.18. The summed E-state index contributed by atoms with van der Waals surface area (Å²) in [5.74, 6) is 1.05. The molecule has 2 heterocycles. The van der Waals surface area contributed by atoms with Crippen LogP contribution in [0, 0.1) is 0 Å². The number of anilines is 1. The molecule has 1 aromatic heterocycles. The van der Waals surface area contributed by atoms with Crippen molar-refractivity contribution in [2.45, 2.75) is 24.7 Å². The third-order valence-electron chi connectivity index (χ3n) is 3.64. The largest absolute Gasteiger partial charge is 0.497 e. The van der Waals surface area contributed by atoms with Gasteiger partial charge in [0.2, 0.25) is 0 Å². The molecule has 2 atom stereocenters. The van der Waals surface area contributed by atoms with Gasteiger partial charge in [-0.25, -0.2) is 4.68 Å². The number of hydrogen-bond donors (Lipinski definition) is 1. The highest BCUT2D eigenvalue weighted by molar-refractivity contribution is 5.42. The van der Waals surface area contributed by atoms with Gasteiger partial charge >= 0.3 is 6.18 Å². The van der Waals surface area contributed by atoms with E-state index in [-0.39, 0.29) is 6.42 Å². The lowest BCUT2D eigenvalue weighted by Crippen LogP contribution is -2.35. The number of hydrogen-bond acceptors (Lipinski definition) is 3. The van der Waals surface area contributed by atoms with Crippen LogP contribution in [0.25, 0.3) is 0 Å². The summed E-state index contributed by atoms with van der Waals surface area (Å²) in [7, 11) is 1.55. The van der Waals surface area contributed by atoms with Crippen molar-refractivity contribution in [3.63, 3.8) is 0 Å². The van der Waals surface area contributed by atoms with Crippen LogP contribution < -0.4 is 10.1 Å². The van der Waals surface area contributed by atoms with Gasteiger partial charge in [-0.3, -0.25) is 0 Å². The summed E-state index contributed by atoms with van der Waals surface area (Å²) in [6.07, 6.45) is -3.05. The molecule has 3 rings (SSSR count). The maximum absolute atomic E-state index is 13.2. The normalized spacial score (nSPS) is 21.5. The molecule has 112 valence electrons. The minimum atomic E-state index is -4.33. The molecule has 0 saturated carbocycles. The zero-order valence-corrected chi connectivity index (χ0v) is 11.3. The van der Waals surface area contributed by atoms with E-state index in [0.29, 0.717) is 11.6 Å². The monoisotopic (exact) mass is 297 g/mol. The van der Waals surface area contributed by atoms with Crippen molar-refractivity contribution in [1.29, 1.82) is 0 Å². The van der Waals surface area contributed by atoms with Gasteiger partial charge in [-0.15, -0.1) is 0 Å². The number of benzene rings is 1. The van der Waals surface area contributed by atoms with Gasteiger partial charge in [0.15, 0.2) is 6.04 Å². The Bertz CT molecular complexity index is 621. The highest BCUT2D eigenvalue weighted by Crippen LogP contribution is 2.43. The molecule has 0 amide bonds. The molecule has 21 heavy (non-hydrogen) atoms. The number of ether oxygens (including phenoxy) is 1. The lowest BCUT2D eigenvalue weighted by molar-refractivity contribution is -0.173. The van der Waals surface area contributed by atoms with Crippen LogP contribution in [0.2, 0.25) is 0 Å². The SMILES string of the molecule is COc1ccc([C@H]2C[C@H](C(F)(F)F)n3nccc3N2)cc1. The van der Waals surface area contributed by atoms with Crippen LogP contribution in [0.1, 0.15) is 24.1 Å². The molecule has 1 aromatic carbocycles. The van der Waals surface area contributed by atoms with E-state index in [2.05, 4.69) is 10.4 Å².